The third kappa shape index (κ3) is 2.96. The van der Waals surface area contributed by atoms with E-state index >= 15 is 0 Å². The van der Waals surface area contributed by atoms with E-state index in [9.17, 15) is 14.4 Å². The molecule has 2 unspecified atom stereocenters. The zero-order valence-corrected chi connectivity index (χ0v) is 21.4. The molecule has 4 aromatic rings. The summed E-state index contributed by atoms with van der Waals surface area (Å²) in [6, 6.07) is 27.8. The smallest absolute Gasteiger partial charge is 0.192 e. The van der Waals surface area contributed by atoms with Crippen LogP contribution in [0.2, 0.25) is 10.0 Å². The summed E-state index contributed by atoms with van der Waals surface area (Å²) >= 11 is 12.5. The highest BCUT2D eigenvalue weighted by molar-refractivity contribution is 6.33. The molecular weight excluding hydrogens is 517 g/mol. The van der Waals surface area contributed by atoms with E-state index in [1.807, 2.05) is 42.5 Å². The standard InChI is InChI=1S/C32H19Cl2NO3/c33-19-13-9-17(10-14-19)26-25-27(21-5-1-2-6-22(21)28(25)36)35-29(18-11-15-20(34)16-12-18)32(26)30(37)23-7-3-4-8-24(23)31(32)38/h1-16,26,29,35H. The Morgan fingerprint density at radius 3 is 1.61 bits per heavy atom. The number of fused-ring (bicyclic) bond motifs is 3. The van der Waals surface area contributed by atoms with Crippen molar-refractivity contribution < 1.29 is 14.4 Å². The molecule has 0 saturated carbocycles. The van der Waals surface area contributed by atoms with Gasteiger partial charge in [-0.1, -0.05) is 96.0 Å². The minimum Gasteiger partial charge on any atom is -0.376 e. The maximum Gasteiger partial charge on any atom is 0.192 e. The van der Waals surface area contributed by atoms with Crippen molar-refractivity contribution in [3.63, 3.8) is 0 Å². The van der Waals surface area contributed by atoms with Crippen molar-refractivity contribution in [2.75, 3.05) is 0 Å². The van der Waals surface area contributed by atoms with Gasteiger partial charge in [0.15, 0.2) is 17.3 Å². The van der Waals surface area contributed by atoms with Crippen LogP contribution in [0.1, 0.15) is 59.7 Å². The van der Waals surface area contributed by atoms with Crippen LogP contribution in [0.25, 0.3) is 5.70 Å². The Hall–Kier alpha value is -3.99. The van der Waals surface area contributed by atoms with Crippen molar-refractivity contribution in [3.8, 4) is 0 Å². The monoisotopic (exact) mass is 535 g/mol. The van der Waals surface area contributed by atoms with Crippen LogP contribution in [-0.2, 0) is 0 Å². The van der Waals surface area contributed by atoms with Crippen molar-refractivity contribution in [3.05, 3.63) is 146 Å². The lowest BCUT2D eigenvalue weighted by molar-refractivity contribution is 0.0583. The fourth-order valence-corrected chi connectivity index (χ4v) is 6.68. The Morgan fingerprint density at radius 2 is 1.05 bits per heavy atom. The number of benzene rings is 4. The number of hydrogen-bond donors (Lipinski definition) is 1. The molecule has 0 aromatic heterocycles. The molecule has 7 rings (SSSR count). The third-order valence-corrected chi connectivity index (χ3v) is 8.52. The summed E-state index contributed by atoms with van der Waals surface area (Å²) < 4.78 is 0. The first kappa shape index (κ1) is 23.2. The van der Waals surface area contributed by atoms with Gasteiger partial charge in [-0.2, -0.15) is 0 Å². The van der Waals surface area contributed by atoms with Crippen molar-refractivity contribution in [1.82, 2.24) is 5.32 Å². The Morgan fingerprint density at radius 1 is 0.579 bits per heavy atom. The second-order valence-electron chi connectivity index (χ2n) is 9.85. The van der Waals surface area contributed by atoms with E-state index in [-0.39, 0.29) is 17.3 Å². The molecule has 0 bridgehead atoms. The number of rotatable bonds is 2. The van der Waals surface area contributed by atoms with Crippen LogP contribution < -0.4 is 5.32 Å². The molecule has 4 aromatic carbocycles. The van der Waals surface area contributed by atoms with Gasteiger partial charge in [-0.15, -0.1) is 0 Å². The summed E-state index contributed by atoms with van der Waals surface area (Å²) in [5.74, 6) is -1.64. The predicted octanol–water partition coefficient (Wildman–Crippen LogP) is 7.09. The lowest BCUT2D eigenvalue weighted by Gasteiger charge is -2.46. The molecule has 6 heteroatoms. The van der Waals surface area contributed by atoms with Gasteiger partial charge in [0.25, 0.3) is 0 Å². The molecule has 1 heterocycles. The molecule has 1 aliphatic heterocycles. The number of carbonyl (C=O) groups is 3. The Balaban J connectivity index is 1.59. The molecular formula is C32H19Cl2NO3. The largest absolute Gasteiger partial charge is 0.376 e. The highest BCUT2D eigenvalue weighted by Gasteiger charge is 2.67. The second kappa shape index (κ2) is 8.26. The molecule has 0 saturated heterocycles. The molecule has 38 heavy (non-hydrogen) atoms. The lowest BCUT2D eigenvalue weighted by atomic mass is 9.58. The maximum absolute atomic E-state index is 14.6. The molecule has 1 spiro atoms. The van der Waals surface area contributed by atoms with Gasteiger partial charge in [-0.3, -0.25) is 14.4 Å². The van der Waals surface area contributed by atoms with Gasteiger partial charge < -0.3 is 5.32 Å². The Bertz CT molecular complexity index is 1690. The van der Waals surface area contributed by atoms with Gasteiger partial charge in [-0.05, 0) is 35.4 Å². The van der Waals surface area contributed by atoms with Gasteiger partial charge in [0.2, 0.25) is 0 Å². The van der Waals surface area contributed by atoms with Crippen molar-refractivity contribution in [1.29, 1.82) is 0 Å². The minimum absolute atomic E-state index is 0.187. The highest BCUT2D eigenvalue weighted by Crippen LogP contribution is 2.62. The van der Waals surface area contributed by atoms with Crippen LogP contribution in [0.15, 0.2) is 103 Å². The normalized spacial score (nSPS) is 20.8. The van der Waals surface area contributed by atoms with Crippen molar-refractivity contribution in [2.45, 2.75) is 12.0 Å². The highest BCUT2D eigenvalue weighted by atomic mass is 35.5. The zero-order valence-electron chi connectivity index (χ0n) is 19.9. The molecule has 0 fully saturated rings. The van der Waals surface area contributed by atoms with Gasteiger partial charge in [-0.25, -0.2) is 0 Å². The number of hydrogen-bond acceptors (Lipinski definition) is 4. The summed E-state index contributed by atoms with van der Waals surface area (Å²) in [6.45, 7) is 0. The fourth-order valence-electron chi connectivity index (χ4n) is 6.42. The van der Waals surface area contributed by atoms with Gasteiger partial charge in [0.1, 0.15) is 5.41 Å². The Labute approximate surface area is 228 Å². The van der Waals surface area contributed by atoms with E-state index < -0.39 is 17.4 Å². The summed E-state index contributed by atoms with van der Waals surface area (Å²) in [7, 11) is 0. The maximum atomic E-state index is 14.6. The van der Waals surface area contributed by atoms with Crippen molar-refractivity contribution in [2.24, 2.45) is 5.41 Å². The van der Waals surface area contributed by atoms with Gasteiger partial charge in [0.05, 0.1) is 11.7 Å². The number of allylic oxidation sites excluding steroid dienone is 1. The van der Waals surface area contributed by atoms with Crippen LogP contribution >= 0.6 is 23.2 Å². The summed E-state index contributed by atoms with van der Waals surface area (Å²) in [5.41, 5.74) is 2.88. The SMILES string of the molecule is O=C1C2=C(NC(c3ccc(Cl)cc3)C3(C(=O)c4ccccc4C3=O)C2c2ccc(Cl)cc2)c2ccccc21. The Kier molecular flexibility index (Phi) is 5.03. The molecule has 0 amide bonds. The fraction of sp³-hybridized carbons (Fsp3) is 0.0938. The molecule has 3 aliphatic rings. The van der Waals surface area contributed by atoms with E-state index in [1.165, 1.54) is 0 Å². The first-order valence-corrected chi connectivity index (χ1v) is 13.0. The number of Topliss-reactive ketones (excluding diaryl/α,β-unsaturated/α-hetero) is 3. The van der Waals surface area contributed by atoms with Crippen LogP contribution in [0.5, 0.6) is 0 Å². The average molecular weight is 536 g/mol. The first-order valence-electron chi connectivity index (χ1n) is 12.3. The van der Waals surface area contributed by atoms with Crippen LogP contribution in [0.4, 0.5) is 0 Å². The molecule has 4 nitrogen and oxygen atoms in total. The first-order chi connectivity index (χ1) is 18.4. The quantitative estimate of drug-likeness (QED) is 0.278. The summed E-state index contributed by atoms with van der Waals surface area (Å²) in [6.07, 6.45) is 0. The zero-order chi connectivity index (χ0) is 26.2. The van der Waals surface area contributed by atoms with E-state index in [1.54, 1.807) is 54.6 Å². The molecule has 2 atom stereocenters. The molecule has 2 aliphatic carbocycles. The van der Waals surface area contributed by atoms with Crippen molar-refractivity contribution >= 4 is 46.2 Å². The summed E-state index contributed by atoms with van der Waals surface area (Å²) in [5, 5.41) is 4.59. The van der Waals surface area contributed by atoms with Gasteiger partial charge >= 0.3 is 0 Å². The van der Waals surface area contributed by atoms with E-state index in [2.05, 4.69) is 5.32 Å². The number of halogens is 2. The van der Waals surface area contributed by atoms with E-state index in [4.69, 9.17) is 23.2 Å². The predicted molar refractivity (Wildman–Crippen MR) is 147 cm³/mol. The topological polar surface area (TPSA) is 63.2 Å². The molecule has 1 N–H and O–H groups in total. The third-order valence-electron chi connectivity index (χ3n) is 8.02. The minimum atomic E-state index is -1.64. The number of ketones is 3. The average Bonchev–Trinajstić information content (AvgIpc) is 3.34. The second-order valence-corrected chi connectivity index (χ2v) is 10.7. The lowest BCUT2D eigenvalue weighted by Crippen LogP contribution is -2.53. The van der Waals surface area contributed by atoms with Crippen LogP contribution in [0.3, 0.4) is 0 Å². The van der Waals surface area contributed by atoms with E-state index in [0.29, 0.717) is 43.6 Å². The number of carbonyl (C=O) groups excluding carboxylic acids is 3. The van der Waals surface area contributed by atoms with E-state index in [0.717, 1.165) is 11.1 Å². The molecule has 184 valence electrons. The summed E-state index contributed by atoms with van der Waals surface area (Å²) in [4.78, 5) is 43.2. The number of nitrogens with one attached hydrogen (secondary N) is 1. The van der Waals surface area contributed by atoms with Crippen LogP contribution in [-0.4, -0.2) is 17.3 Å². The van der Waals surface area contributed by atoms with Crippen LogP contribution in [0, 0.1) is 5.41 Å². The van der Waals surface area contributed by atoms with Gasteiger partial charge in [0, 0.05) is 43.8 Å². The molecule has 0 radical (unpaired) electrons.